The molecule has 1 atom stereocenters. The number of amides is 1. The second-order valence-electron chi connectivity index (χ2n) is 6.46. The second kappa shape index (κ2) is 9.13. The Hall–Kier alpha value is -2.49. The lowest BCUT2D eigenvalue weighted by atomic mass is 9.97. The Bertz CT molecular complexity index is 888. The number of ether oxygens (including phenoxy) is 2. The first-order chi connectivity index (χ1) is 13.2. The van der Waals surface area contributed by atoms with Crippen LogP contribution >= 0.6 is 24.0 Å². The Morgan fingerprint density at radius 2 is 2.00 bits per heavy atom. The van der Waals surface area contributed by atoms with E-state index in [0.29, 0.717) is 25.5 Å². The SMILES string of the molecule is CN=C(NCCC1C(=O)Nc2ccccc21)NCc1ccc2c(c1)OCO2.I. The zero-order valence-electron chi connectivity index (χ0n) is 15.5. The zero-order valence-corrected chi connectivity index (χ0v) is 17.9. The Morgan fingerprint density at radius 3 is 2.86 bits per heavy atom. The lowest BCUT2D eigenvalue weighted by Gasteiger charge is -2.14. The van der Waals surface area contributed by atoms with Gasteiger partial charge in [0, 0.05) is 25.8 Å². The summed E-state index contributed by atoms with van der Waals surface area (Å²) in [6.07, 6.45) is 0.702. The third-order valence-electron chi connectivity index (χ3n) is 4.76. The van der Waals surface area contributed by atoms with Crippen molar-refractivity contribution in [1.29, 1.82) is 0 Å². The Labute approximate surface area is 180 Å². The Kier molecular flexibility index (Phi) is 6.61. The van der Waals surface area contributed by atoms with Gasteiger partial charge in [0.2, 0.25) is 12.7 Å². The van der Waals surface area contributed by atoms with Gasteiger partial charge >= 0.3 is 0 Å². The summed E-state index contributed by atoms with van der Waals surface area (Å²) in [7, 11) is 1.73. The van der Waals surface area contributed by atoms with Crippen molar-refractivity contribution in [1.82, 2.24) is 10.6 Å². The number of aliphatic imine (C=N–C) groups is 1. The molecule has 0 spiro atoms. The minimum Gasteiger partial charge on any atom is -0.454 e. The van der Waals surface area contributed by atoms with Crippen LogP contribution in [0.5, 0.6) is 11.5 Å². The van der Waals surface area contributed by atoms with Crippen LogP contribution in [0, 0.1) is 0 Å². The van der Waals surface area contributed by atoms with Crippen molar-refractivity contribution in [2.24, 2.45) is 4.99 Å². The van der Waals surface area contributed by atoms with E-state index in [0.717, 1.165) is 28.3 Å². The molecule has 148 valence electrons. The van der Waals surface area contributed by atoms with E-state index >= 15 is 0 Å². The van der Waals surface area contributed by atoms with Gasteiger partial charge in [-0.15, -0.1) is 24.0 Å². The first-order valence-electron chi connectivity index (χ1n) is 8.97. The van der Waals surface area contributed by atoms with E-state index in [1.165, 1.54) is 0 Å². The lowest BCUT2D eigenvalue weighted by molar-refractivity contribution is -0.117. The zero-order chi connectivity index (χ0) is 18.6. The lowest BCUT2D eigenvalue weighted by Crippen LogP contribution is -2.38. The van der Waals surface area contributed by atoms with E-state index < -0.39 is 0 Å². The predicted octanol–water partition coefficient (Wildman–Crippen LogP) is 2.82. The van der Waals surface area contributed by atoms with Crippen molar-refractivity contribution < 1.29 is 14.3 Å². The smallest absolute Gasteiger partial charge is 0.232 e. The van der Waals surface area contributed by atoms with Crippen LogP contribution in [-0.4, -0.2) is 32.3 Å². The highest BCUT2D eigenvalue weighted by Crippen LogP contribution is 2.34. The molecule has 1 unspecified atom stereocenters. The van der Waals surface area contributed by atoms with Gasteiger partial charge in [-0.25, -0.2) is 0 Å². The van der Waals surface area contributed by atoms with Crippen molar-refractivity contribution in [3.05, 3.63) is 53.6 Å². The fraction of sp³-hybridized carbons (Fsp3) is 0.300. The molecule has 2 heterocycles. The van der Waals surface area contributed by atoms with Crippen LogP contribution in [0.2, 0.25) is 0 Å². The van der Waals surface area contributed by atoms with E-state index in [1.54, 1.807) is 7.05 Å². The maximum absolute atomic E-state index is 12.2. The molecule has 2 aliphatic heterocycles. The summed E-state index contributed by atoms with van der Waals surface area (Å²) in [6, 6.07) is 13.7. The molecule has 0 aliphatic carbocycles. The summed E-state index contributed by atoms with van der Waals surface area (Å²) in [4.78, 5) is 16.4. The molecule has 3 N–H and O–H groups in total. The molecule has 2 aromatic rings. The predicted molar refractivity (Wildman–Crippen MR) is 119 cm³/mol. The maximum atomic E-state index is 12.2. The van der Waals surface area contributed by atoms with Crippen molar-refractivity contribution in [3.63, 3.8) is 0 Å². The standard InChI is InChI=1S/C20H22N4O3.HI/c1-21-20(23-11-13-6-7-17-18(10-13)27-12-26-17)22-9-8-15-14-4-2-3-5-16(14)24-19(15)25;/h2-7,10,15H,8-9,11-12H2,1H3,(H,24,25)(H2,21,22,23);1H. The molecule has 8 heteroatoms. The monoisotopic (exact) mass is 494 g/mol. The Balaban J connectivity index is 0.00000225. The van der Waals surface area contributed by atoms with Gasteiger partial charge in [0.1, 0.15) is 0 Å². The molecule has 4 rings (SSSR count). The highest BCUT2D eigenvalue weighted by molar-refractivity contribution is 14.0. The minimum atomic E-state index is -0.124. The van der Waals surface area contributed by atoms with Gasteiger partial charge in [-0.3, -0.25) is 9.79 Å². The summed E-state index contributed by atoms with van der Waals surface area (Å²) in [5, 5.41) is 9.48. The van der Waals surface area contributed by atoms with E-state index in [4.69, 9.17) is 9.47 Å². The fourth-order valence-electron chi connectivity index (χ4n) is 3.35. The topological polar surface area (TPSA) is 84.0 Å². The molecule has 0 radical (unpaired) electrons. The molecule has 1 amide bonds. The van der Waals surface area contributed by atoms with Crippen molar-refractivity contribution in [2.75, 3.05) is 25.7 Å². The molecule has 2 aromatic carbocycles. The Morgan fingerprint density at radius 1 is 1.18 bits per heavy atom. The number of carbonyl (C=O) groups is 1. The van der Waals surface area contributed by atoms with Crippen LogP contribution in [0.4, 0.5) is 5.69 Å². The first-order valence-corrected chi connectivity index (χ1v) is 8.97. The van der Waals surface area contributed by atoms with Crippen LogP contribution < -0.4 is 25.4 Å². The summed E-state index contributed by atoms with van der Waals surface area (Å²) < 4.78 is 10.7. The minimum absolute atomic E-state index is 0. The van der Waals surface area contributed by atoms with E-state index in [9.17, 15) is 4.79 Å². The maximum Gasteiger partial charge on any atom is 0.232 e. The van der Waals surface area contributed by atoms with Crippen LogP contribution in [0.3, 0.4) is 0 Å². The largest absolute Gasteiger partial charge is 0.454 e. The number of rotatable bonds is 5. The number of anilines is 1. The summed E-state index contributed by atoms with van der Waals surface area (Å²) in [5.41, 5.74) is 3.05. The van der Waals surface area contributed by atoms with Crippen LogP contribution in [-0.2, 0) is 11.3 Å². The number of nitrogens with one attached hydrogen (secondary N) is 3. The number of hydrogen-bond donors (Lipinski definition) is 3. The van der Waals surface area contributed by atoms with E-state index in [2.05, 4.69) is 20.9 Å². The number of halogens is 1. The van der Waals surface area contributed by atoms with E-state index in [-0.39, 0.29) is 42.6 Å². The molecule has 0 saturated carbocycles. The number of nitrogens with zero attached hydrogens (tertiary/aromatic N) is 1. The third kappa shape index (κ3) is 4.32. The number of benzene rings is 2. The van der Waals surface area contributed by atoms with Gasteiger partial charge in [-0.2, -0.15) is 0 Å². The van der Waals surface area contributed by atoms with Crippen LogP contribution in [0.1, 0.15) is 23.5 Å². The van der Waals surface area contributed by atoms with Gasteiger partial charge in [0.05, 0.1) is 5.92 Å². The third-order valence-corrected chi connectivity index (χ3v) is 4.76. The van der Waals surface area contributed by atoms with Crippen LogP contribution in [0.15, 0.2) is 47.5 Å². The van der Waals surface area contributed by atoms with Gasteiger partial charge in [-0.05, 0) is 35.7 Å². The molecular formula is C20H23IN4O3. The number of hydrogen-bond acceptors (Lipinski definition) is 4. The normalized spacial score (nSPS) is 16.8. The first kappa shape index (κ1) is 20.2. The number of carbonyl (C=O) groups excluding carboxylic acids is 1. The number of para-hydroxylation sites is 1. The van der Waals surface area contributed by atoms with Crippen molar-refractivity contribution >= 4 is 41.5 Å². The van der Waals surface area contributed by atoms with Crippen molar-refractivity contribution in [2.45, 2.75) is 18.9 Å². The number of fused-ring (bicyclic) bond motifs is 2. The molecule has 2 aliphatic rings. The van der Waals surface area contributed by atoms with Crippen LogP contribution in [0.25, 0.3) is 0 Å². The molecular weight excluding hydrogens is 471 g/mol. The van der Waals surface area contributed by atoms with Gasteiger partial charge in [0.15, 0.2) is 17.5 Å². The second-order valence-corrected chi connectivity index (χ2v) is 6.46. The average Bonchev–Trinajstić information content (AvgIpc) is 3.28. The molecule has 28 heavy (non-hydrogen) atoms. The molecule has 0 saturated heterocycles. The molecule has 0 bridgehead atoms. The highest BCUT2D eigenvalue weighted by Gasteiger charge is 2.29. The molecule has 0 aromatic heterocycles. The fourth-order valence-corrected chi connectivity index (χ4v) is 3.35. The molecule has 0 fully saturated rings. The molecule has 7 nitrogen and oxygen atoms in total. The quantitative estimate of drug-likeness (QED) is 0.339. The van der Waals surface area contributed by atoms with Crippen molar-refractivity contribution in [3.8, 4) is 11.5 Å². The summed E-state index contributed by atoms with van der Waals surface area (Å²) in [6.45, 7) is 1.53. The van der Waals surface area contributed by atoms with Gasteiger partial charge < -0.3 is 25.4 Å². The van der Waals surface area contributed by atoms with Gasteiger partial charge in [0.25, 0.3) is 0 Å². The average molecular weight is 494 g/mol. The number of guanidine groups is 1. The van der Waals surface area contributed by atoms with Gasteiger partial charge in [-0.1, -0.05) is 24.3 Å². The highest BCUT2D eigenvalue weighted by atomic mass is 127. The summed E-state index contributed by atoms with van der Waals surface area (Å²) in [5.74, 6) is 2.17. The van der Waals surface area contributed by atoms with E-state index in [1.807, 2.05) is 42.5 Å². The summed E-state index contributed by atoms with van der Waals surface area (Å²) >= 11 is 0.